The molecule has 0 saturated heterocycles. The number of nitrogens with one attached hydrogen (secondary N) is 2. The van der Waals surface area contributed by atoms with Crippen molar-refractivity contribution in [1.82, 2.24) is 10.3 Å². The van der Waals surface area contributed by atoms with Crippen molar-refractivity contribution >= 4 is 28.3 Å². The van der Waals surface area contributed by atoms with Gasteiger partial charge in [0.2, 0.25) is 5.91 Å². The van der Waals surface area contributed by atoms with Crippen LogP contribution in [-0.4, -0.2) is 23.9 Å². The fourth-order valence-electron chi connectivity index (χ4n) is 3.16. The van der Waals surface area contributed by atoms with Gasteiger partial charge in [-0.3, -0.25) is 14.9 Å². The summed E-state index contributed by atoms with van der Waals surface area (Å²) in [5, 5.41) is 6.22. The van der Waals surface area contributed by atoms with Gasteiger partial charge in [0.15, 0.2) is 5.13 Å². The number of aromatic nitrogens is 1. The van der Waals surface area contributed by atoms with Crippen LogP contribution in [0.25, 0.3) is 0 Å². The van der Waals surface area contributed by atoms with Crippen LogP contribution in [-0.2, 0) is 17.8 Å². The largest absolute Gasteiger partial charge is 0.497 e. The third-order valence-corrected chi connectivity index (χ3v) is 5.67. The van der Waals surface area contributed by atoms with Crippen molar-refractivity contribution in [3.63, 3.8) is 0 Å². The number of carbonyl (C=O) groups excluding carboxylic acids is 2. The lowest BCUT2D eigenvalue weighted by Crippen LogP contribution is -2.28. The molecule has 0 spiro atoms. The third-order valence-electron chi connectivity index (χ3n) is 4.62. The van der Waals surface area contributed by atoms with Gasteiger partial charge in [-0.15, -0.1) is 11.3 Å². The van der Waals surface area contributed by atoms with Crippen LogP contribution in [0.5, 0.6) is 5.75 Å². The van der Waals surface area contributed by atoms with Gasteiger partial charge in [0.05, 0.1) is 31.5 Å². The highest BCUT2D eigenvalue weighted by Crippen LogP contribution is 2.38. The first-order chi connectivity index (χ1) is 13.6. The molecule has 2 N–H and O–H groups in total. The Bertz CT molecular complexity index is 980. The molecule has 0 aliphatic heterocycles. The number of ether oxygens (including phenoxy) is 1. The fourth-order valence-corrected chi connectivity index (χ4v) is 4.19. The maximum Gasteiger partial charge on any atom is 0.257 e. The van der Waals surface area contributed by atoms with E-state index in [-0.39, 0.29) is 17.7 Å². The quantitative estimate of drug-likeness (QED) is 0.665. The van der Waals surface area contributed by atoms with E-state index in [0.717, 1.165) is 23.4 Å². The minimum atomic E-state index is -0.298. The van der Waals surface area contributed by atoms with Crippen LogP contribution < -0.4 is 15.4 Å². The molecular formula is C20H19N3O4S. The number of aryl methyl sites for hydroxylation is 1. The normalized spacial score (nSPS) is 15.1. The minimum absolute atomic E-state index is 0.0755. The number of amides is 2. The molecule has 28 heavy (non-hydrogen) atoms. The van der Waals surface area contributed by atoms with E-state index in [4.69, 9.17) is 9.15 Å². The number of hydrogen-bond acceptors (Lipinski definition) is 6. The molecule has 1 aliphatic rings. The van der Waals surface area contributed by atoms with Gasteiger partial charge in [-0.05, 0) is 49.2 Å². The summed E-state index contributed by atoms with van der Waals surface area (Å²) in [6, 6.07) is 10.5. The van der Waals surface area contributed by atoms with E-state index >= 15 is 0 Å². The van der Waals surface area contributed by atoms with E-state index in [1.807, 2.05) is 6.07 Å². The zero-order valence-electron chi connectivity index (χ0n) is 15.2. The number of rotatable bonds is 6. The standard InChI is InChI=1S/C20H19N3O4S/c1-26-13-6-4-12(5-7-13)18(24)23-20-22-17-15(8-9-16(17)28-20)19(25)21-11-14-3-2-10-27-14/h2-7,10,15H,8-9,11H2,1H3,(H,21,25)(H,22,23,24). The van der Waals surface area contributed by atoms with Crippen molar-refractivity contribution < 1.29 is 18.7 Å². The highest BCUT2D eigenvalue weighted by molar-refractivity contribution is 7.16. The Morgan fingerprint density at radius 1 is 1.29 bits per heavy atom. The second-order valence-electron chi connectivity index (χ2n) is 6.40. The Balaban J connectivity index is 1.41. The lowest BCUT2D eigenvalue weighted by atomic mass is 10.1. The van der Waals surface area contributed by atoms with E-state index in [2.05, 4.69) is 15.6 Å². The minimum Gasteiger partial charge on any atom is -0.497 e. The van der Waals surface area contributed by atoms with Crippen molar-refractivity contribution in [2.45, 2.75) is 25.3 Å². The van der Waals surface area contributed by atoms with E-state index in [9.17, 15) is 9.59 Å². The van der Waals surface area contributed by atoms with Gasteiger partial charge in [-0.1, -0.05) is 0 Å². The predicted molar refractivity (Wildman–Crippen MR) is 105 cm³/mol. The highest BCUT2D eigenvalue weighted by Gasteiger charge is 2.32. The van der Waals surface area contributed by atoms with Crippen LogP contribution in [0.1, 0.15) is 39.0 Å². The molecule has 2 heterocycles. The summed E-state index contributed by atoms with van der Waals surface area (Å²) in [4.78, 5) is 30.5. The zero-order chi connectivity index (χ0) is 19.5. The summed E-state index contributed by atoms with van der Waals surface area (Å²) in [6.07, 6.45) is 3.09. The summed E-state index contributed by atoms with van der Waals surface area (Å²) in [6.45, 7) is 0.350. The van der Waals surface area contributed by atoms with E-state index in [1.54, 1.807) is 43.7 Å². The van der Waals surface area contributed by atoms with Crippen LogP contribution in [0.15, 0.2) is 47.1 Å². The molecule has 0 fully saturated rings. The molecule has 1 aliphatic carbocycles. The van der Waals surface area contributed by atoms with Crippen molar-refractivity contribution in [1.29, 1.82) is 0 Å². The number of carbonyl (C=O) groups is 2. The van der Waals surface area contributed by atoms with Crippen LogP contribution in [0.2, 0.25) is 0 Å². The molecule has 1 atom stereocenters. The van der Waals surface area contributed by atoms with Crippen molar-refractivity contribution in [2.75, 3.05) is 12.4 Å². The van der Waals surface area contributed by atoms with Crippen molar-refractivity contribution in [3.05, 3.63) is 64.6 Å². The van der Waals surface area contributed by atoms with Crippen molar-refractivity contribution in [2.24, 2.45) is 0 Å². The van der Waals surface area contributed by atoms with E-state index in [0.29, 0.717) is 28.7 Å². The maximum atomic E-state index is 12.5. The van der Waals surface area contributed by atoms with Crippen LogP contribution in [0.4, 0.5) is 5.13 Å². The second kappa shape index (κ2) is 7.85. The summed E-state index contributed by atoms with van der Waals surface area (Å²) in [7, 11) is 1.58. The van der Waals surface area contributed by atoms with Gasteiger partial charge in [0.25, 0.3) is 5.91 Å². The predicted octanol–water partition coefficient (Wildman–Crippen LogP) is 3.34. The molecule has 0 saturated carbocycles. The Kier molecular flexibility index (Phi) is 5.12. The molecule has 4 rings (SSSR count). The smallest absolute Gasteiger partial charge is 0.257 e. The zero-order valence-corrected chi connectivity index (χ0v) is 16.0. The van der Waals surface area contributed by atoms with Gasteiger partial charge in [0, 0.05) is 10.4 Å². The first-order valence-electron chi connectivity index (χ1n) is 8.89. The first-order valence-corrected chi connectivity index (χ1v) is 9.71. The van der Waals surface area contributed by atoms with Crippen LogP contribution in [0.3, 0.4) is 0 Å². The molecule has 2 amide bonds. The number of thiazole rings is 1. The topological polar surface area (TPSA) is 93.5 Å². The summed E-state index contributed by atoms with van der Waals surface area (Å²) >= 11 is 1.42. The van der Waals surface area contributed by atoms with Gasteiger partial charge in [-0.2, -0.15) is 0 Å². The lowest BCUT2D eigenvalue weighted by Gasteiger charge is -2.09. The third kappa shape index (κ3) is 3.77. The lowest BCUT2D eigenvalue weighted by molar-refractivity contribution is -0.122. The second-order valence-corrected chi connectivity index (χ2v) is 7.48. The molecule has 1 unspecified atom stereocenters. The van der Waals surface area contributed by atoms with E-state index in [1.165, 1.54) is 11.3 Å². The van der Waals surface area contributed by atoms with Gasteiger partial charge in [0.1, 0.15) is 11.5 Å². The molecular weight excluding hydrogens is 378 g/mol. The molecule has 0 radical (unpaired) electrons. The summed E-state index contributed by atoms with van der Waals surface area (Å²) in [5.41, 5.74) is 1.27. The van der Waals surface area contributed by atoms with Gasteiger partial charge in [-0.25, -0.2) is 4.98 Å². The Labute approximate surface area is 165 Å². The van der Waals surface area contributed by atoms with Gasteiger partial charge < -0.3 is 14.5 Å². The number of benzene rings is 1. The van der Waals surface area contributed by atoms with Crippen molar-refractivity contribution in [3.8, 4) is 5.75 Å². The highest BCUT2D eigenvalue weighted by atomic mass is 32.1. The number of fused-ring (bicyclic) bond motifs is 1. The Morgan fingerprint density at radius 3 is 2.82 bits per heavy atom. The summed E-state index contributed by atoms with van der Waals surface area (Å²) in [5.74, 6) is 0.778. The van der Waals surface area contributed by atoms with Crippen LogP contribution >= 0.6 is 11.3 Å². The molecule has 144 valence electrons. The Morgan fingerprint density at radius 2 is 2.11 bits per heavy atom. The van der Waals surface area contributed by atoms with E-state index < -0.39 is 0 Å². The fraction of sp³-hybridized carbons (Fsp3) is 0.250. The molecule has 1 aromatic carbocycles. The van der Waals surface area contributed by atoms with Crippen LogP contribution in [0, 0.1) is 0 Å². The van der Waals surface area contributed by atoms with Gasteiger partial charge >= 0.3 is 0 Å². The molecule has 7 nitrogen and oxygen atoms in total. The average molecular weight is 397 g/mol. The number of nitrogens with zero attached hydrogens (tertiary/aromatic N) is 1. The SMILES string of the molecule is COc1ccc(C(=O)Nc2nc3c(s2)CCC3C(=O)NCc2ccco2)cc1. The molecule has 2 aromatic heterocycles. The molecule has 0 bridgehead atoms. The maximum absolute atomic E-state index is 12.5. The molecule has 3 aromatic rings. The number of methoxy groups -OCH3 is 1. The summed E-state index contributed by atoms with van der Waals surface area (Å²) < 4.78 is 10.3. The average Bonchev–Trinajstić information content (AvgIpc) is 3.43. The number of furan rings is 1. The number of anilines is 1. The first kappa shape index (κ1) is 18.2. The number of hydrogen-bond donors (Lipinski definition) is 2. The Hall–Kier alpha value is -3.13. The monoisotopic (exact) mass is 397 g/mol. The molecule has 8 heteroatoms.